The number of amides is 1. The van der Waals surface area contributed by atoms with E-state index in [1.54, 1.807) is 12.1 Å². The summed E-state index contributed by atoms with van der Waals surface area (Å²) in [5.74, 6) is -0.234. The van der Waals surface area contributed by atoms with Crippen LogP contribution in [-0.4, -0.2) is 61.8 Å². The Morgan fingerprint density at radius 3 is 2.38 bits per heavy atom. The summed E-state index contributed by atoms with van der Waals surface area (Å²) < 4.78 is 15.8. The number of carbonyl (C=O) groups is 2. The molecule has 0 N–H and O–H groups in total. The van der Waals surface area contributed by atoms with Crippen LogP contribution < -0.4 is 19.3 Å². The lowest BCUT2D eigenvalue weighted by molar-refractivity contribution is -0.305. The lowest BCUT2D eigenvalue weighted by Gasteiger charge is -2.12. The number of nitrogens with zero attached hydrogens (tertiary/aromatic N) is 3. The van der Waals surface area contributed by atoms with Crippen molar-refractivity contribution in [2.75, 3.05) is 28.4 Å². The van der Waals surface area contributed by atoms with Crippen molar-refractivity contribution in [3.63, 3.8) is 0 Å². The minimum Gasteiger partial charge on any atom is -0.550 e. The molecule has 1 aliphatic heterocycles. The fourth-order valence-corrected chi connectivity index (χ4v) is 3.33. The summed E-state index contributed by atoms with van der Waals surface area (Å²) in [6.45, 7) is 0. The van der Waals surface area contributed by atoms with Crippen LogP contribution in [0, 0.1) is 0 Å². The number of hydrogen-bond acceptors (Lipinski definition) is 9. The van der Waals surface area contributed by atoms with Crippen LogP contribution in [-0.2, 0) is 9.59 Å². The molecule has 1 heterocycles. The number of benzene rings is 1. The maximum Gasteiger partial charge on any atom is 0.242 e. The average molecular weight is 380 g/mol. The molecule has 1 aliphatic rings. The molecule has 2 rings (SSSR count). The molecule has 9 nitrogen and oxygen atoms in total. The van der Waals surface area contributed by atoms with Crippen molar-refractivity contribution in [3.8, 4) is 17.2 Å². The third-order valence-corrected chi connectivity index (χ3v) is 4.75. The molecule has 26 heavy (non-hydrogen) atoms. The van der Waals surface area contributed by atoms with Crippen LogP contribution >= 0.6 is 11.8 Å². The molecule has 0 aliphatic carbocycles. The lowest BCUT2D eigenvalue weighted by atomic mass is 10.2. The number of amidine groups is 1. The first-order chi connectivity index (χ1) is 12.4. The summed E-state index contributed by atoms with van der Waals surface area (Å²) in [7, 11) is 6.03. The summed E-state index contributed by atoms with van der Waals surface area (Å²) in [4.78, 5) is 23.9. The van der Waals surface area contributed by atoms with E-state index in [1.165, 1.54) is 39.5 Å². The molecular weight excluding hydrogens is 362 g/mol. The van der Waals surface area contributed by atoms with E-state index >= 15 is 0 Å². The molecule has 1 saturated heterocycles. The van der Waals surface area contributed by atoms with Gasteiger partial charge in [0.1, 0.15) is 0 Å². The van der Waals surface area contributed by atoms with Gasteiger partial charge in [-0.15, -0.1) is 5.10 Å². The molecule has 1 amide bonds. The topological polar surface area (TPSA) is 113 Å². The Morgan fingerprint density at radius 1 is 1.27 bits per heavy atom. The molecule has 1 aromatic rings. The maximum absolute atomic E-state index is 12.0. The first-order valence-electron chi connectivity index (χ1n) is 7.46. The molecule has 0 spiro atoms. The number of rotatable bonds is 7. The smallest absolute Gasteiger partial charge is 0.242 e. The molecule has 1 fully saturated rings. The number of aliphatic carboxylic acids is 1. The number of carboxylic acids is 1. The SMILES string of the molecule is COc1cc(/C=N\N=C2/S[C@H](CC(=O)[O-])C(=O)N2C)cc(OC)c1OC. The van der Waals surface area contributed by atoms with Gasteiger partial charge in [-0.1, -0.05) is 11.8 Å². The summed E-state index contributed by atoms with van der Waals surface area (Å²) in [5.41, 5.74) is 0.645. The fourth-order valence-electron chi connectivity index (χ4n) is 2.26. The highest BCUT2D eigenvalue weighted by atomic mass is 32.2. The predicted molar refractivity (Wildman–Crippen MR) is 94.9 cm³/mol. The van der Waals surface area contributed by atoms with E-state index in [1.807, 2.05) is 0 Å². The predicted octanol–water partition coefficient (Wildman–Crippen LogP) is 0.116. The molecule has 0 bridgehead atoms. The Bertz CT molecular complexity index is 739. The van der Waals surface area contributed by atoms with E-state index in [0.717, 1.165) is 11.8 Å². The maximum atomic E-state index is 12.0. The molecule has 1 atom stereocenters. The average Bonchev–Trinajstić information content (AvgIpc) is 2.88. The van der Waals surface area contributed by atoms with Gasteiger partial charge in [0.15, 0.2) is 16.7 Å². The second kappa shape index (κ2) is 8.56. The number of hydrogen-bond donors (Lipinski definition) is 0. The van der Waals surface area contributed by atoms with Gasteiger partial charge in [0.05, 0.1) is 32.8 Å². The van der Waals surface area contributed by atoms with Crippen LogP contribution in [0.5, 0.6) is 17.2 Å². The van der Waals surface area contributed by atoms with Gasteiger partial charge in [-0.25, -0.2) is 0 Å². The van der Waals surface area contributed by atoms with E-state index in [9.17, 15) is 14.7 Å². The van der Waals surface area contributed by atoms with Gasteiger partial charge in [-0.2, -0.15) is 5.10 Å². The summed E-state index contributed by atoms with van der Waals surface area (Å²) in [6, 6.07) is 3.39. The van der Waals surface area contributed by atoms with Gasteiger partial charge >= 0.3 is 0 Å². The zero-order valence-corrected chi connectivity index (χ0v) is 15.5. The minimum absolute atomic E-state index is 0.310. The molecule has 10 heteroatoms. The highest BCUT2D eigenvalue weighted by Gasteiger charge is 2.35. The van der Waals surface area contributed by atoms with E-state index in [-0.39, 0.29) is 12.3 Å². The Hall–Kier alpha value is -2.75. The monoisotopic (exact) mass is 380 g/mol. The first kappa shape index (κ1) is 19.6. The summed E-state index contributed by atoms with van der Waals surface area (Å²) >= 11 is 1.03. The first-order valence-corrected chi connectivity index (χ1v) is 8.34. The zero-order valence-electron chi connectivity index (χ0n) is 14.7. The van der Waals surface area contributed by atoms with Crippen molar-refractivity contribution in [1.82, 2.24) is 4.90 Å². The second-order valence-electron chi connectivity index (χ2n) is 5.17. The largest absolute Gasteiger partial charge is 0.550 e. The quantitative estimate of drug-likeness (QED) is 0.487. The number of methoxy groups -OCH3 is 3. The van der Waals surface area contributed by atoms with Crippen LogP contribution in [0.15, 0.2) is 22.3 Å². The van der Waals surface area contributed by atoms with Crippen molar-refractivity contribution in [2.24, 2.45) is 10.2 Å². The van der Waals surface area contributed by atoms with Crippen molar-refractivity contribution in [1.29, 1.82) is 0 Å². The third kappa shape index (κ3) is 4.26. The van der Waals surface area contributed by atoms with Crippen LogP contribution in [0.3, 0.4) is 0 Å². The summed E-state index contributed by atoms with van der Waals surface area (Å²) in [6.07, 6.45) is 1.09. The molecular formula is C16H18N3O6S-. The number of carboxylic acid groups (broad SMARTS) is 1. The lowest BCUT2D eigenvalue weighted by Crippen LogP contribution is -2.32. The Labute approximate surface area is 154 Å². The van der Waals surface area contributed by atoms with Crippen molar-refractivity contribution < 1.29 is 28.9 Å². The highest BCUT2D eigenvalue weighted by Crippen LogP contribution is 2.37. The van der Waals surface area contributed by atoms with E-state index in [2.05, 4.69) is 10.2 Å². The van der Waals surface area contributed by atoms with Gasteiger partial charge in [-0.3, -0.25) is 9.69 Å². The van der Waals surface area contributed by atoms with Gasteiger partial charge in [0.25, 0.3) is 0 Å². The van der Waals surface area contributed by atoms with E-state index in [0.29, 0.717) is 28.0 Å². The normalized spacial score (nSPS) is 18.6. The molecule has 0 radical (unpaired) electrons. The standard InChI is InChI=1S/C16H19N3O6S/c1-19-15(22)12(7-13(20)21)26-16(19)18-17-8-9-5-10(23-2)14(25-4)11(6-9)24-3/h5-6,8,12H,7H2,1-4H3,(H,20,21)/p-1/b17-8-,18-16-/t12-/m1/s1. The van der Waals surface area contributed by atoms with Crippen LogP contribution in [0.2, 0.25) is 0 Å². The fraction of sp³-hybridized carbons (Fsp3) is 0.375. The van der Waals surface area contributed by atoms with Gasteiger partial charge in [0.2, 0.25) is 11.7 Å². The molecule has 140 valence electrons. The minimum atomic E-state index is -1.29. The van der Waals surface area contributed by atoms with Gasteiger partial charge in [-0.05, 0) is 12.1 Å². The molecule has 0 unspecified atom stereocenters. The summed E-state index contributed by atoms with van der Waals surface area (Å²) in [5, 5.41) is 18.2. The van der Waals surface area contributed by atoms with Crippen LogP contribution in [0.4, 0.5) is 0 Å². The Kier molecular flexibility index (Phi) is 6.45. The van der Waals surface area contributed by atoms with E-state index in [4.69, 9.17) is 14.2 Å². The number of thioether (sulfide) groups is 1. The second-order valence-corrected chi connectivity index (χ2v) is 6.34. The molecule has 0 saturated carbocycles. The molecule has 1 aromatic carbocycles. The van der Waals surface area contributed by atoms with Crippen molar-refractivity contribution in [3.05, 3.63) is 17.7 Å². The van der Waals surface area contributed by atoms with Gasteiger partial charge in [0, 0.05) is 25.0 Å². The van der Waals surface area contributed by atoms with Crippen LogP contribution in [0.25, 0.3) is 0 Å². The van der Waals surface area contributed by atoms with Crippen LogP contribution in [0.1, 0.15) is 12.0 Å². The van der Waals surface area contributed by atoms with Crippen molar-refractivity contribution >= 4 is 35.0 Å². The van der Waals surface area contributed by atoms with Crippen molar-refractivity contribution in [2.45, 2.75) is 11.7 Å². The third-order valence-electron chi connectivity index (χ3n) is 3.53. The zero-order chi connectivity index (χ0) is 19.3. The number of ether oxygens (including phenoxy) is 3. The number of carbonyl (C=O) groups excluding carboxylic acids is 2. The van der Waals surface area contributed by atoms with Gasteiger partial charge < -0.3 is 24.1 Å². The Morgan fingerprint density at radius 2 is 1.88 bits per heavy atom. The Balaban J connectivity index is 2.21. The molecule has 0 aromatic heterocycles. The van der Waals surface area contributed by atoms with E-state index < -0.39 is 11.2 Å². The highest BCUT2D eigenvalue weighted by molar-refractivity contribution is 8.15.